The Morgan fingerprint density at radius 2 is 1.70 bits per heavy atom. The molecule has 1 aromatic rings. The summed E-state index contributed by atoms with van der Waals surface area (Å²) < 4.78 is 0. The van der Waals surface area contributed by atoms with E-state index < -0.39 is 0 Å². The fourth-order valence-electron chi connectivity index (χ4n) is 0.714. The van der Waals surface area contributed by atoms with Gasteiger partial charge in [-0.15, -0.1) is 5.75 Å². The summed E-state index contributed by atoms with van der Waals surface area (Å²) in [6.45, 7) is 3.94. The van der Waals surface area contributed by atoms with E-state index >= 15 is 0 Å². The van der Waals surface area contributed by atoms with Crippen LogP contribution in [0.1, 0.15) is 11.1 Å². The smallest absolute Gasteiger partial charge is 0.0395 e. The van der Waals surface area contributed by atoms with Crippen LogP contribution < -0.4 is 17.5 Å². The molecule has 0 saturated heterocycles. The third-order valence-electron chi connectivity index (χ3n) is 1.48. The largest absolute Gasteiger partial charge is 1.00 e. The molecule has 0 N–H and O–H groups in total. The SMILES string of the molecule is Cc1ccc([O-])cc1C.[Cl-]. The lowest BCUT2D eigenvalue weighted by Crippen LogP contribution is -3.00. The highest BCUT2D eigenvalue weighted by Crippen LogP contribution is 2.11. The van der Waals surface area contributed by atoms with Crippen molar-refractivity contribution < 1.29 is 17.5 Å². The quantitative estimate of drug-likeness (QED) is 0.443. The number of hydrogen-bond donors (Lipinski definition) is 0. The van der Waals surface area contributed by atoms with Crippen LogP contribution in [-0.2, 0) is 0 Å². The van der Waals surface area contributed by atoms with Crippen molar-refractivity contribution >= 4 is 0 Å². The van der Waals surface area contributed by atoms with Crippen molar-refractivity contribution in [2.45, 2.75) is 13.8 Å². The molecule has 10 heavy (non-hydrogen) atoms. The number of halogens is 1. The van der Waals surface area contributed by atoms with Crippen molar-refractivity contribution in [3.8, 4) is 5.75 Å². The fourth-order valence-corrected chi connectivity index (χ4v) is 0.714. The molecule has 0 aliphatic heterocycles. The van der Waals surface area contributed by atoms with Gasteiger partial charge in [-0.05, 0) is 25.0 Å². The van der Waals surface area contributed by atoms with Crippen LogP contribution in [0.25, 0.3) is 0 Å². The zero-order valence-electron chi connectivity index (χ0n) is 6.02. The van der Waals surface area contributed by atoms with E-state index in [1.54, 1.807) is 12.1 Å². The Balaban J connectivity index is 0.000000810. The molecule has 56 valence electrons. The highest BCUT2D eigenvalue weighted by Gasteiger charge is 1.86. The van der Waals surface area contributed by atoms with Crippen LogP contribution in [0, 0.1) is 13.8 Å². The number of hydrogen-bond acceptors (Lipinski definition) is 1. The van der Waals surface area contributed by atoms with Crippen LogP contribution in [-0.4, -0.2) is 0 Å². The second-order valence-electron chi connectivity index (χ2n) is 2.25. The molecule has 0 unspecified atom stereocenters. The minimum Gasteiger partial charge on any atom is -1.00 e. The zero-order valence-corrected chi connectivity index (χ0v) is 6.77. The molecule has 0 aliphatic rings. The first-order chi connectivity index (χ1) is 4.20. The standard InChI is InChI=1S/C8H10O.ClH/c1-6-3-4-8(9)5-7(6)2;/h3-5,9H,1-2H3;1H/p-2. The lowest BCUT2D eigenvalue weighted by Gasteiger charge is -2.06. The lowest BCUT2D eigenvalue weighted by molar-refractivity contribution is -0.268. The summed E-state index contributed by atoms with van der Waals surface area (Å²) in [7, 11) is 0. The predicted molar refractivity (Wildman–Crippen MR) is 35.4 cm³/mol. The van der Waals surface area contributed by atoms with Crippen molar-refractivity contribution in [1.29, 1.82) is 0 Å². The Morgan fingerprint density at radius 1 is 1.10 bits per heavy atom. The number of benzene rings is 1. The topological polar surface area (TPSA) is 23.1 Å². The van der Waals surface area contributed by atoms with Gasteiger partial charge >= 0.3 is 0 Å². The maximum atomic E-state index is 10.6. The summed E-state index contributed by atoms with van der Waals surface area (Å²) in [5.41, 5.74) is 2.25. The molecule has 0 aromatic heterocycles. The van der Waals surface area contributed by atoms with Gasteiger partial charge < -0.3 is 17.5 Å². The molecule has 0 saturated carbocycles. The predicted octanol–water partition coefficient (Wildman–Crippen LogP) is -1.62. The van der Waals surface area contributed by atoms with Gasteiger partial charge in [-0.25, -0.2) is 0 Å². The average Bonchev–Trinajstić information content (AvgIpc) is 1.80. The normalized spacial score (nSPS) is 8.60. The van der Waals surface area contributed by atoms with E-state index in [4.69, 9.17) is 0 Å². The molecule has 2 heteroatoms. The number of rotatable bonds is 0. The van der Waals surface area contributed by atoms with Crippen molar-refractivity contribution in [3.63, 3.8) is 0 Å². The first-order valence-corrected chi connectivity index (χ1v) is 2.94. The van der Waals surface area contributed by atoms with Crippen molar-refractivity contribution in [3.05, 3.63) is 29.3 Å². The molecule has 1 aromatic carbocycles. The molecule has 1 nitrogen and oxygen atoms in total. The van der Waals surface area contributed by atoms with Gasteiger partial charge in [0.15, 0.2) is 0 Å². The molecule has 0 fully saturated rings. The van der Waals surface area contributed by atoms with Crippen LogP contribution in [0.2, 0.25) is 0 Å². The first kappa shape index (κ1) is 9.31. The van der Waals surface area contributed by atoms with Gasteiger partial charge in [-0.1, -0.05) is 18.2 Å². The Morgan fingerprint density at radius 3 is 2.10 bits per heavy atom. The van der Waals surface area contributed by atoms with E-state index in [-0.39, 0.29) is 18.2 Å². The minimum absolute atomic E-state index is 0. The highest BCUT2D eigenvalue weighted by molar-refractivity contribution is 5.31. The van der Waals surface area contributed by atoms with E-state index in [0.29, 0.717) is 0 Å². The number of aryl methyl sites for hydroxylation is 2. The maximum Gasteiger partial charge on any atom is -0.0395 e. The summed E-state index contributed by atoms with van der Waals surface area (Å²) >= 11 is 0. The average molecular weight is 157 g/mol. The van der Waals surface area contributed by atoms with Gasteiger partial charge in [0, 0.05) is 0 Å². The summed E-state index contributed by atoms with van der Waals surface area (Å²) in [4.78, 5) is 0. The molecule has 0 amide bonds. The van der Waals surface area contributed by atoms with E-state index in [2.05, 4.69) is 0 Å². The summed E-state index contributed by atoms with van der Waals surface area (Å²) in [6.07, 6.45) is 0. The lowest BCUT2D eigenvalue weighted by atomic mass is 10.1. The van der Waals surface area contributed by atoms with Gasteiger partial charge in [0.05, 0.1) is 0 Å². The molecule has 0 bridgehead atoms. The Labute approximate surface area is 67.1 Å². The van der Waals surface area contributed by atoms with Crippen LogP contribution in [0.3, 0.4) is 0 Å². The van der Waals surface area contributed by atoms with Crippen LogP contribution in [0.5, 0.6) is 5.75 Å². The van der Waals surface area contributed by atoms with E-state index in [1.807, 2.05) is 19.9 Å². The molecule has 0 radical (unpaired) electrons. The molecule has 0 heterocycles. The second-order valence-corrected chi connectivity index (χ2v) is 2.25. The van der Waals surface area contributed by atoms with Crippen LogP contribution in [0.4, 0.5) is 0 Å². The molecule has 1 rings (SSSR count). The third kappa shape index (κ3) is 1.92. The van der Waals surface area contributed by atoms with Gasteiger partial charge in [0.1, 0.15) is 0 Å². The minimum atomic E-state index is 0. The van der Waals surface area contributed by atoms with E-state index in [1.165, 1.54) is 5.56 Å². The van der Waals surface area contributed by atoms with Gasteiger partial charge in [0.25, 0.3) is 0 Å². The Kier molecular flexibility index (Phi) is 3.23. The summed E-state index contributed by atoms with van der Waals surface area (Å²) in [6, 6.07) is 5.08. The van der Waals surface area contributed by atoms with Gasteiger partial charge in [-0.3, -0.25) is 0 Å². The van der Waals surface area contributed by atoms with Crippen molar-refractivity contribution in [2.75, 3.05) is 0 Å². The van der Waals surface area contributed by atoms with Crippen molar-refractivity contribution in [1.82, 2.24) is 0 Å². The monoisotopic (exact) mass is 156 g/mol. The van der Waals surface area contributed by atoms with Gasteiger partial charge in [0.2, 0.25) is 0 Å². The molecule has 0 atom stereocenters. The van der Waals surface area contributed by atoms with Crippen LogP contribution >= 0.6 is 0 Å². The molecular weight excluding hydrogens is 148 g/mol. The van der Waals surface area contributed by atoms with Crippen LogP contribution in [0.15, 0.2) is 18.2 Å². The van der Waals surface area contributed by atoms with E-state index in [9.17, 15) is 5.11 Å². The summed E-state index contributed by atoms with van der Waals surface area (Å²) in [5.74, 6) is 0.0955. The Hall–Kier alpha value is -0.690. The molecule has 0 aliphatic carbocycles. The van der Waals surface area contributed by atoms with E-state index in [0.717, 1.165) is 5.56 Å². The maximum absolute atomic E-state index is 10.6. The Bertz CT molecular complexity index is 220. The highest BCUT2D eigenvalue weighted by atomic mass is 35.5. The third-order valence-corrected chi connectivity index (χ3v) is 1.48. The first-order valence-electron chi connectivity index (χ1n) is 2.94. The van der Waals surface area contributed by atoms with Crippen molar-refractivity contribution in [2.24, 2.45) is 0 Å². The zero-order chi connectivity index (χ0) is 6.85. The summed E-state index contributed by atoms with van der Waals surface area (Å²) in [5, 5.41) is 10.6. The fraction of sp³-hybridized carbons (Fsp3) is 0.250. The molecule has 0 spiro atoms. The van der Waals surface area contributed by atoms with Gasteiger partial charge in [-0.2, -0.15) is 0 Å². The molecular formula is C8H9ClO-2. The second kappa shape index (κ2) is 3.47.